The summed E-state index contributed by atoms with van der Waals surface area (Å²) < 4.78 is 11.5. The number of pyridine rings is 1. The zero-order valence-electron chi connectivity index (χ0n) is 13.0. The van der Waals surface area contributed by atoms with Crippen LogP contribution in [0.2, 0.25) is 5.02 Å². The molecule has 7 heteroatoms. The van der Waals surface area contributed by atoms with Crippen molar-refractivity contribution in [3.8, 4) is 11.8 Å². The van der Waals surface area contributed by atoms with Gasteiger partial charge in [-0.15, -0.1) is 0 Å². The van der Waals surface area contributed by atoms with Crippen LogP contribution in [0.3, 0.4) is 0 Å². The summed E-state index contributed by atoms with van der Waals surface area (Å²) in [7, 11) is 1.24. The Labute approximate surface area is 143 Å². The minimum atomic E-state index is -0.599. The molecule has 0 aliphatic heterocycles. The Morgan fingerprint density at radius 1 is 1.33 bits per heavy atom. The molecule has 0 atom stereocenters. The Balaban J connectivity index is 2.03. The normalized spacial score (nSPS) is 10.0. The predicted molar refractivity (Wildman–Crippen MR) is 88.3 cm³/mol. The van der Waals surface area contributed by atoms with E-state index in [1.807, 2.05) is 0 Å². The van der Waals surface area contributed by atoms with Crippen LogP contribution in [0.4, 0.5) is 0 Å². The minimum absolute atomic E-state index is 0.100. The number of esters is 1. The van der Waals surface area contributed by atoms with Crippen molar-refractivity contribution in [1.82, 2.24) is 4.57 Å². The Kier molecular flexibility index (Phi) is 5.99. The maximum absolute atomic E-state index is 12.1. The molecule has 0 saturated heterocycles. The SMILES string of the molecule is COC(=O)c1cc(C#N)c(=O)n(CCCOc2ccc(Cl)cc2)c1. The van der Waals surface area contributed by atoms with E-state index in [2.05, 4.69) is 4.74 Å². The summed E-state index contributed by atoms with van der Waals surface area (Å²) >= 11 is 5.79. The van der Waals surface area contributed by atoms with Crippen LogP contribution in [0, 0.1) is 11.3 Å². The fourth-order valence-electron chi connectivity index (χ4n) is 2.07. The summed E-state index contributed by atoms with van der Waals surface area (Å²) in [6.45, 7) is 0.685. The van der Waals surface area contributed by atoms with Crippen molar-refractivity contribution in [3.63, 3.8) is 0 Å². The molecule has 0 aliphatic rings. The maximum atomic E-state index is 12.1. The van der Waals surface area contributed by atoms with E-state index in [0.29, 0.717) is 30.3 Å². The lowest BCUT2D eigenvalue weighted by Crippen LogP contribution is -2.25. The van der Waals surface area contributed by atoms with Crippen LogP contribution < -0.4 is 10.3 Å². The highest BCUT2D eigenvalue weighted by Gasteiger charge is 2.12. The number of nitrogens with zero attached hydrogens (tertiary/aromatic N) is 2. The van der Waals surface area contributed by atoms with Crippen LogP contribution in [-0.2, 0) is 11.3 Å². The number of carbonyl (C=O) groups is 1. The first kappa shape index (κ1) is 17.6. The summed E-state index contributed by atoms with van der Waals surface area (Å²) in [6, 6.07) is 9.97. The topological polar surface area (TPSA) is 81.3 Å². The number of nitriles is 1. The number of halogens is 1. The first-order chi connectivity index (χ1) is 11.5. The number of hydrogen-bond donors (Lipinski definition) is 0. The van der Waals surface area contributed by atoms with Crippen LogP contribution in [0.5, 0.6) is 5.75 Å². The molecule has 6 nitrogen and oxygen atoms in total. The minimum Gasteiger partial charge on any atom is -0.494 e. The van der Waals surface area contributed by atoms with E-state index in [1.54, 1.807) is 30.3 Å². The van der Waals surface area contributed by atoms with Crippen molar-refractivity contribution in [2.45, 2.75) is 13.0 Å². The highest BCUT2D eigenvalue weighted by Crippen LogP contribution is 2.15. The Bertz CT molecular complexity index is 822. The van der Waals surface area contributed by atoms with Gasteiger partial charge in [-0.3, -0.25) is 4.79 Å². The van der Waals surface area contributed by atoms with Gasteiger partial charge in [-0.2, -0.15) is 5.26 Å². The van der Waals surface area contributed by atoms with Crippen LogP contribution in [0.15, 0.2) is 41.3 Å². The van der Waals surface area contributed by atoms with E-state index in [4.69, 9.17) is 21.6 Å². The first-order valence-electron chi connectivity index (χ1n) is 7.16. The van der Waals surface area contributed by atoms with Crippen LogP contribution >= 0.6 is 11.6 Å². The second-order valence-corrected chi connectivity index (χ2v) is 5.34. The van der Waals surface area contributed by atoms with Crippen molar-refractivity contribution in [1.29, 1.82) is 5.26 Å². The molecule has 2 aromatic rings. The molecule has 24 heavy (non-hydrogen) atoms. The van der Waals surface area contributed by atoms with E-state index >= 15 is 0 Å². The lowest BCUT2D eigenvalue weighted by atomic mass is 10.2. The molecule has 0 amide bonds. The number of hydrogen-bond acceptors (Lipinski definition) is 5. The molecule has 1 aromatic heterocycles. The number of rotatable bonds is 6. The molecule has 124 valence electrons. The molecule has 1 aromatic carbocycles. The predicted octanol–water partition coefficient (Wildman–Crippen LogP) is 2.63. The summed E-state index contributed by atoms with van der Waals surface area (Å²) in [4.78, 5) is 23.7. The second-order valence-electron chi connectivity index (χ2n) is 4.90. The van der Waals surface area contributed by atoms with E-state index in [1.165, 1.54) is 23.9 Å². The van der Waals surface area contributed by atoms with Gasteiger partial charge in [0.25, 0.3) is 5.56 Å². The lowest BCUT2D eigenvalue weighted by Gasteiger charge is -2.10. The van der Waals surface area contributed by atoms with Gasteiger partial charge in [0.2, 0.25) is 0 Å². The third-order valence-corrected chi connectivity index (χ3v) is 3.51. The van der Waals surface area contributed by atoms with Gasteiger partial charge in [0.1, 0.15) is 17.4 Å². The molecule has 2 rings (SSSR count). The van der Waals surface area contributed by atoms with Gasteiger partial charge in [-0.05, 0) is 36.8 Å². The van der Waals surface area contributed by atoms with Gasteiger partial charge >= 0.3 is 5.97 Å². The third-order valence-electron chi connectivity index (χ3n) is 3.25. The van der Waals surface area contributed by atoms with E-state index in [9.17, 15) is 9.59 Å². The van der Waals surface area contributed by atoms with Gasteiger partial charge in [0.15, 0.2) is 0 Å². The quantitative estimate of drug-likeness (QED) is 0.593. The fourth-order valence-corrected chi connectivity index (χ4v) is 2.19. The molecule has 0 saturated carbocycles. The summed E-state index contributed by atoms with van der Waals surface area (Å²) in [6.07, 6.45) is 1.91. The van der Waals surface area contributed by atoms with Gasteiger partial charge in [0.05, 0.1) is 19.3 Å². The molecule has 0 spiro atoms. The smallest absolute Gasteiger partial charge is 0.339 e. The summed E-state index contributed by atoms with van der Waals surface area (Å²) in [5.41, 5.74) is -0.388. The van der Waals surface area contributed by atoms with E-state index < -0.39 is 11.5 Å². The van der Waals surface area contributed by atoms with Crippen molar-refractivity contribution < 1.29 is 14.3 Å². The van der Waals surface area contributed by atoms with Gasteiger partial charge in [-0.25, -0.2) is 4.79 Å². The van der Waals surface area contributed by atoms with Crippen LogP contribution in [0.25, 0.3) is 0 Å². The van der Waals surface area contributed by atoms with Crippen LogP contribution in [0.1, 0.15) is 22.3 Å². The number of ether oxygens (including phenoxy) is 2. The molecule has 0 radical (unpaired) electrons. The average molecular weight is 347 g/mol. The lowest BCUT2D eigenvalue weighted by molar-refractivity contribution is 0.0599. The zero-order chi connectivity index (χ0) is 17.5. The molecular weight excluding hydrogens is 332 g/mol. The third kappa shape index (κ3) is 4.37. The number of methoxy groups -OCH3 is 1. The van der Waals surface area contributed by atoms with Crippen molar-refractivity contribution >= 4 is 17.6 Å². The fraction of sp³-hybridized carbons (Fsp3) is 0.235. The number of aromatic nitrogens is 1. The number of aryl methyl sites for hydroxylation is 1. The maximum Gasteiger partial charge on any atom is 0.339 e. The number of carbonyl (C=O) groups excluding carboxylic acids is 1. The highest BCUT2D eigenvalue weighted by atomic mass is 35.5. The Morgan fingerprint density at radius 2 is 2.04 bits per heavy atom. The van der Waals surface area contributed by atoms with E-state index in [-0.39, 0.29) is 11.1 Å². The van der Waals surface area contributed by atoms with Gasteiger partial charge in [-0.1, -0.05) is 11.6 Å². The monoisotopic (exact) mass is 346 g/mol. The Morgan fingerprint density at radius 3 is 2.67 bits per heavy atom. The molecule has 0 bridgehead atoms. The molecule has 0 aliphatic carbocycles. The largest absolute Gasteiger partial charge is 0.494 e. The molecule has 0 N–H and O–H groups in total. The standard InChI is InChI=1S/C17H15ClN2O4/c1-23-17(22)13-9-12(10-19)16(21)20(11-13)7-2-8-24-15-5-3-14(18)4-6-15/h3-6,9,11H,2,7-8H2,1H3. The second kappa shape index (κ2) is 8.18. The Hall–Kier alpha value is -2.78. The highest BCUT2D eigenvalue weighted by molar-refractivity contribution is 6.30. The van der Waals surface area contributed by atoms with Crippen molar-refractivity contribution in [3.05, 3.63) is 63.0 Å². The average Bonchev–Trinajstić information content (AvgIpc) is 2.60. The summed E-state index contributed by atoms with van der Waals surface area (Å²) in [5, 5.41) is 9.64. The van der Waals surface area contributed by atoms with Crippen molar-refractivity contribution in [2.75, 3.05) is 13.7 Å². The van der Waals surface area contributed by atoms with Crippen LogP contribution in [-0.4, -0.2) is 24.3 Å². The van der Waals surface area contributed by atoms with Gasteiger partial charge < -0.3 is 14.0 Å². The zero-order valence-corrected chi connectivity index (χ0v) is 13.7. The molecule has 1 heterocycles. The first-order valence-corrected chi connectivity index (χ1v) is 7.54. The molecular formula is C17H15ClN2O4. The summed E-state index contributed by atoms with van der Waals surface area (Å²) in [5.74, 6) is 0.0745. The van der Waals surface area contributed by atoms with Gasteiger partial charge in [0, 0.05) is 17.8 Å². The van der Waals surface area contributed by atoms with Crippen molar-refractivity contribution in [2.24, 2.45) is 0 Å². The van der Waals surface area contributed by atoms with E-state index in [0.717, 1.165) is 0 Å². The molecule has 0 unspecified atom stereocenters. The number of benzene rings is 1. The molecule has 0 fully saturated rings.